The fourth-order valence-corrected chi connectivity index (χ4v) is 4.14. The van der Waals surface area contributed by atoms with Crippen LogP contribution in [0.15, 0.2) is 24.3 Å². The Bertz CT molecular complexity index is 640. The number of ether oxygens (including phenoxy) is 1. The molecule has 0 spiro atoms. The smallest absolute Gasteiger partial charge is 0.414 e. The van der Waals surface area contributed by atoms with Gasteiger partial charge >= 0.3 is 6.09 Å². The summed E-state index contributed by atoms with van der Waals surface area (Å²) in [4.78, 5) is 30.6. The van der Waals surface area contributed by atoms with E-state index in [4.69, 9.17) is 4.74 Å². The van der Waals surface area contributed by atoms with Crippen molar-refractivity contribution in [2.24, 2.45) is 0 Å². The number of amides is 2. The summed E-state index contributed by atoms with van der Waals surface area (Å²) in [6.45, 7) is 5.00. The summed E-state index contributed by atoms with van der Waals surface area (Å²) in [6, 6.07) is 7.83. The molecule has 1 atom stereocenters. The lowest BCUT2D eigenvalue weighted by molar-refractivity contribution is 0.0608. The number of carbonyl (C=O) groups is 2. The Kier molecular flexibility index (Phi) is 4.61. The molecule has 0 saturated carbocycles. The molecular formula is C19H25N3O3. The Hall–Kier alpha value is -2.08. The van der Waals surface area contributed by atoms with E-state index in [9.17, 15) is 9.59 Å². The van der Waals surface area contributed by atoms with Gasteiger partial charge in [0.05, 0.1) is 6.54 Å². The maximum absolute atomic E-state index is 12.9. The Balaban J connectivity index is 1.42. The van der Waals surface area contributed by atoms with Gasteiger partial charge in [-0.2, -0.15) is 0 Å². The second kappa shape index (κ2) is 7.04. The van der Waals surface area contributed by atoms with E-state index in [0.29, 0.717) is 24.8 Å². The zero-order valence-electron chi connectivity index (χ0n) is 14.5. The van der Waals surface area contributed by atoms with Crippen molar-refractivity contribution in [3.8, 4) is 0 Å². The molecule has 1 aromatic rings. The van der Waals surface area contributed by atoms with Crippen LogP contribution in [0, 0.1) is 0 Å². The minimum Gasteiger partial charge on any atom is -0.447 e. The molecule has 0 radical (unpaired) electrons. The number of hydrogen-bond acceptors (Lipinski definition) is 4. The van der Waals surface area contributed by atoms with Crippen LogP contribution in [-0.4, -0.2) is 67.2 Å². The highest BCUT2D eigenvalue weighted by Gasteiger charge is 2.30. The summed E-state index contributed by atoms with van der Waals surface area (Å²) in [6.07, 6.45) is 4.52. The highest BCUT2D eigenvalue weighted by atomic mass is 16.6. The van der Waals surface area contributed by atoms with Crippen molar-refractivity contribution < 1.29 is 14.3 Å². The fraction of sp³-hybridized carbons (Fsp3) is 0.579. The number of hydrogen-bond donors (Lipinski definition) is 0. The van der Waals surface area contributed by atoms with Gasteiger partial charge in [-0.3, -0.25) is 14.6 Å². The minimum absolute atomic E-state index is 0.0967. The van der Waals surface area contributed by atoms with E-state index >= 15 is 0 Å². The fourth-order valence-electron chi connectivity index (χ4n) is 4.14. The van der Waals surface area contributed by atoms with Gasteiger partial charge in [0.1, 0.15) is 6.61 Å². The SMILES string of the molecule is O=C(c1ccc(N2CCOC2=O)cc1)N1CCCC(N2CCCC2)C1. The van der Waals surface area contributed by atoms with Gasteiger partial charge in [0.2, 0.25) is 0 Å². The third kappa shape index (κ3) is 3.35. The van der Waals surface area contributed by atoms with Crippen LogP contribution in [0.2, 0.25) is 0 Å². The maximum Gasteiger partial charge on any atom is 0.414 e. The second-order valence-electron chi connectivity index (χ2n) is 7.10. The lowest BCUT2D eigenvalue weighted by atomic mass is 10.0. The van der Waals surface area contributed by atoms with E-state index in [-0.39, 0.29) is 12.0 Å². The number of nitrogens with zero attached hydrogens (tertiary/aromatic N) is 3. The number of rotatable bonds is 3. The molecule has 3 aliphatic heterocycles. The summed E-state index contributed by atoms with van der Waals surface area (Å²) < 4.78 is 4.96. The van der Waals surface area contributed by atoms with Gasteiger partial charge in [0.15, 0.2) is 0 Å². The maximum atomic E-state index is 12.9. The summed E-state index contributed by atoms with van der Waals surface area (Å²) >= 11 is 0. The van der Waals surface area contributed by atoms with Gasteiger partial charge in [-0.15, -0.1) is 0 Å². The van der Waals surface area contributed by atoms with Crippen LogP contribution in [0.4, 0.5) is 10.5 Å². The molecule has 4 rings (SSSR count). The monoisotopic (exact) mass is 343 g/mol. The summed E-state index contributed by atoms with van der Waals surface area (Å²) in [5.41, 5.74) is 1.48. The van der Waals surface area contributed by atoms with Gasteiger partial charge in [0, 0.05) is 30.4 Å². The minimum atomic E-state index is -0.316. The first kappa shape index (κ1) is 16.4. The lowest BCUT2D eigenvalue weighted by Gasteiger charge is -2.37. The normalized spacial score (nSPS) is 24.6. The average molecular weight is 343 g/mol. The number of anilines is 1. The van der Waals surface area contributed by atoms with Crippen molar-refractivity contribution >= 4 is 17.7 Å². The largest absolute Gasteiger partial charge is 0.447 e. The lowest BCUT2D eigenvalue weighted by Crippen LogP contribution is -2.49. The Morgan fingerprint density at radius 2 is 1.76 bits per heavy atom. The molecule has 0 bridgehead atoms. The zero-order chi connectivity index (χ0) is 17.2. The molecular weight excluding hydrogens is 318 g/mol. The number of benzene rings is 1. The third-order valence-electron chi connectivity index (χ3n) is 5.53. The number of carbonyl (C=O) groups excluding carboxylic acids is 2. The molecule has 3 fully saturated rings. The Morgan fingerprint density at radius 1 is 1.00 bits per heavy atom. The van der Waals surface area contributed by atoms with Crippen LogP contribution in [-0.2, 0) is 4.74 Å². The van der Waals surface area contributed by atoms with Crippen LogP contribution in [0.1, 0.15) is 36.0 Å². The van der Waals surface area contributed by atoms with E-state index in [2.05, 4.69) is 4.90 Å². The van der Waals surface area contributed by atoms with E-state index in [1.807, 2.05) is 29.2 Å². The highest BCUT2D eigenvalue weighted by molar-refractivity contribution is 5.95. The van der Waals surface area contributed by atoms with E-state index < -0.39 is 0 Å². The summed E-state index contributed by atoms with van der Waals surface area (Å²) in [5, 5.41) is 0. The van der Waals surface area contributed by atoms with Gasteiger partial charge in [-0.25, -0.2) is 4.79 Å². The van der Waals surface area contributed by atoms with Crippen molar-refractivity contribution in [1.82, 2.24) is 9.80 Å². The zero-order valence-corrected chi connectivity index (χ0v) is 14.5. The first-order valence-electron chi connectivity index (χ1n) is 9.30. The van der Waals surface area contributed by atoms with Gasteiger partial charge in [-0.05, 0) is 63.0 Å². The van der Waals surface area contributed by atoms with Crippen LogP contribution in [0.25, 0.3) is 0 Å². The molecule has 6 nitrogen and oxygen atoms in total. The molecule has 25 heavy (non-hydrogen) atoms. The van der Waals surface area contributed by atoms with Crippen LogP contribution < -0.4 is 4.90 Å². The molecule has 6 heteroatoms. The van der Waals surface area contributed by atoms with E-state index in [1.54, 1.807) is 4.90 Å². The number of cyclic esters (lactones) is 1. The van der Waals surface area contributed by atoms with Crippen molar-refractivity contribution in [1.29, 1.82) is 0 Å². The van der Waals surface area contributed by atoms with Crippen molar-refractivity contribution in [2.75, 3.05) is 44.2 Å². The third-order valence-corrected chi connectivity index (χ3v) is 5.53. The molecule has 0 N–H and O–H groups in total. The quantitative estimate of drug-likeness (QED) is 0.845. The predicted octanol–water partition coefficient (Wildman–Crippen LogP) is 2.34. The van der Waals surface area contributed by atoms with E-state index in [0.717, 1.165) is 25.2 Å². The predicted molar refractivity (Wildman–Crippen MR) is 94.9 cm³/mol. The molecule has 1 unspecified atom stereocenters. The molecule has 0 aliphatic carbocycles. The first-order chi connectivity index (χ1) is 12.2. The molecule has 1 aromatic carbocycles. The highest BCUT2D eigenvalue weighted by Crippen LogP contribution is 2.23. The Labute approximate surface area is 148 Å². The van der Waals surface area contributed by atoms with Crippen LogP contribution >= 0.6 is 0 Å². The second-order valence-corrected chi connectivity index (χ2v) is 7.10. The van der Waals surface area contributed by atoms with E-state index in [1.165, 1.54) is 32.4 Å². The average Bonchev–Trinajstić information content (AvgIpc) is 3.33. The Morgan fingerprint density at radius 3 is 2.44 bits per heavy atom. The number of likely N-dealkylation sites (tertiary alicyclic amines) is 2. The molecule has 3 heterocycles. The molecule has 2 amide bonds. The molecule has 0 aromatic heterocycles. The van der Waals surface area contributed by atoms with Crippen molar-refractivity contribution in [3.05, 3.63) is 29.8 Å². The molecule has 134 valence electrons. The summed E-state index contributed by atoms with van der Waals surface area (Å²) in [7, 11) is 0. The van der Waals surface area contributed by atoms with Crippen LogP contribution in [0.5, 0.6) is 0 Å². The molecule has 3 aliphatic rings. The van der Waals surface area contributed by atoms with Crippen LogP contribution in [0.3, 0.4) is 0 Å². The van der Waals surface area contributed by atoms with Crippen molar-refractivity contribution in [2.45, 2.75) is 31.7 Å². The van der Waals surface area contributed by atoms with Gasteiger partial charge in [0.25, 0.3) is 5.91 Å². The summed E-state index contributed by atoms with van der Waals surface area (Å²) in [5.74, 6) is 0.0967. The standard InChI is InChI=1S/C19H25N3O3/c23-18(21-11-3-4-17(14-21)20-9-1-2-10-20)15-5-7-16(8-6-15)22-12-13-25-19(22)24/h5-8,17H,1-4,9-14H2. The molecule has 3 saturated heterocycles. The van der Waals surface area contributed by atoms with Gasteiger partial charge in [-0.1, -0.05) is 0 Å². The topological polar surface area (TPSA) is 53.1 Å². The number of piperidine rings is 1. The first-order valence-corrected chi connectivity index (χ1v) is 9.30. The van der Waals surface area contributed by atoms with Gasteiger partial charge < -0.3 is 9.64 Å². The van der Waals surface area contributed by atoms with Crippen molar-refractivity contribution in [3.63, 3.8) is 0 Å².